The van der Waals surface area contributed by atoms with Crippen LogP contribution in [0.3, 0.4) is 0 Å². The molecule has 1 aromatic rings. The van der Waals surface area contributed by atoms with Crippen LogP contribution in [0.1, 0.15) is 19.6 Å². The van der Waals surface area contributed by atoms with Crippen LogP contribution in [0.25, 0.3) is 6.08 Å². The van der Waals surface area contributed by atoms with Crippen LogP contribution >= 0.6 is 0 Å². The Morgan fingerprint density at radius 1 is 1.77 bits per heavy atom. The lowest BCUT2D eigenvalue weighted by Gasteiger charge is -2.09. The monoisotopic (exact) mass is 181 g/mol. The predicted octanol–water partition coefficient (Wildman–Crippen LogP) is 2.21. The van der Waals surface area contributed by atoms with E-state index in [4.69, 9.17) is 10.3 Å². The molecule has 0 saturated carbocycles. The molecule has 0 aliphatic carbocycles. The van der Waals surface area contributed by atoms with E-state index in [0.29, 0.717) is 12.5 Å². The zero-order chi connectivity index (χ0) is 9.68. The Morgan fingerprint density at radius 2 is 2.54 bits per heavy atom. The first-order chi connectivity index (χ1) is 6.24. The zero-order valence-electron chi connectivity index (χ0n) is 7.99. The van der Waals surface area contributed by atoms with E-state index in [9.17, 15) is 0 Å². The molecule has 0 radical (unpaired) electrons. The van der Waals surface area contributed by atoms with Gasteiger partial charge in [-0.2, -0.15) is 0 Å². The Hall–Kier alpha value is -1.06. The van der Waals surface area contributed by atoms with Crippen LogP contribution in [0.2, 0.25) is 0 Å². The number of hydrogen-bond acceptors (Lipinski definition) is 3. The van der Waals surface area contributed by atoms with E-state index in [2.05, 4.69) is 11.8 Å². The molecule has 0 fully saturated rings. The van der Waals surface area contributed by atoms with E-state index in [0.717, 1.165) is 5.76 Å². The average molecular weight is 181 g/mol. The fourth-order valence-electron chi connectivity index (χ4n) is 1.02. The van der Waals surface area contributed by atoms with Crippen LogP contribution in [-0.2, 0) is 4.84 Å². The molecule has 0 aliphatic heterocycles. The third-order valence-electron chi connectivity index (χ3n) is 2.04. The molecular formula is C10H15NO2. The van der Waals surface area contributed by atoms with Gasteiger partial charge in [0.15, 0.2) is 0 Å². The molecule has 1 aromatic heterocycles. The van der Waals surface area contributed by atoms with Crippen molar-refractivity contribution in [3.05, 3.63) is 29.7 Å². The summed E-state index contributed by atoms with van der Waals surface area (Å²) in [6.07, 6.45) is 3.65. The highest BCUT2D eigenvalue weighted by Gasteiger charge is 2.04. The summed E-state index contributed by atoms with van der Waals surface area (Å²) >= 11 is 0. The van der Waals surface area contributed by atoms with Crippen molar-refractivity contribution in [2.24, 2.45) is 11.8 Å². The van der Waals surface area contributed by atoms with Gasteiger partial charge in [-0.15, -0.1) is 0 Å². The highest BCUT2D eigenvalue weighted by atomic mass is 16.6. The van der Waals surface area contributed by atoms with Gasteiger partial charge in [-0.25, -0.2) is 5.90 Å². The maximum atomic E-state index is 5.18. The minimum absolute atomic E-state index is 0.315. The maximum absolute atomic E-state index is 5.18. The van der Waals surface area contributed by atoms with Crippen LogP contribution in [-0.4, -0.2) is 6.61 Å². The Kier molecular flexibility index (Phi) is 3.73. The topological polar surface area (TPSA) is 48.4 Å². The molecule has 3 nitrogen and oxygen atoms in total. The van der Waals surface area contributed by atoms with Crippen molar-refractivity contribution in [3.8, 4) is 0 Å². The van der Waals surface area contributed by atoms with Crippen LogP contribution in [0.15, 0.2) is 28.4 Å². The summed E-state index contributed by atoms with van der Waals surface area (Å²) in [5.74, 6) is 6.17. The normalized spacial score (nSPS) is 14.5. The molecule has 0 spiro atoms. The fraction of sp³-hybridized carbons (Fsp3) is 0.400. The van der Waals surface area contributed by atoms with Crippen molar-refractivity contribution in [2.75, 3.05) is 6.61 Å². The summed E-state index contributed by atoms with van der Waals surface area (Å²) < 4.78 is 5.18. The van der Waals surface area contributed by atoms with Crippen molar-refractivity contribution in [2.45, 2.75) is 13.8 Å². The van der Waals surface area contributed by atoms with E-state index in [1.54, 1.807) is 6.26 Å². The standard InChI is InChI=1S/C10H15NO2/c1-8(9(2)7-13-11)6-10-4-3-5-12-10/h3-6,9H,7,11H2,1-2H3/b8-6+. The highest BCUT2D eigenvalue weighted by molar-refractivity contribution is 5.46. The maximum Gasteiger partial charge on any atom is 0.126 e. The Balaban J connectivity index is 2.60. The van der Waals surface area contributed by atoms with Gasteiger partial charge in [0.2, 0.25) is 0 Å². The third-order valence-corrected chi connectivity index (χ3v) is 2.04. The number of furan rings is 1. The Bertz CT molecular complexity index is 264. The molecule has 3 heteroatoms. The van der Waals surface area contributed by atoms with Gasteiger partial charge >= 0.3 is 0 Å². The third kappa shape index (κ3) is 3.05. The van der Waals surface area contributed by atoms with Gasteiger partial charge in [0, 0.05) is 5.92 Å². The van der Waals surface area contributed by atoms with Crippen molar-refractivity contribution in [1.82, 2.24) is 0 Å². The van der Waals surface area contributed by atoms with Crippen molar-refractivity contribution < 1.29 is 9.25 Å². The summed E-state index contributed by atoms with van der Waals surface area (Å²) in [5.41, 5.74) is 1.19. The average Bonchev–Trinajstić information content (AvgIpc) is 2.57. The predicted molar refractivity (Wildman–Crippen MR) is 51.7 cm³/mol. The Labute approximate surface area is 78.1 Å². The molecule has 1 heterocycles. The Morgan fingerprint density at radius 3 is 3.08 bits per heavy atom. The molecule has 1 unspecified atom stereocenters. The minimum Gasteiger partial charge on any atom is -0.465 e. The number of nitrogens with two attached hydrogens (primary N) is 1. The fourth-order valence-corrected chi connectivity index (χ4v) is 1.02. The molecule has 1 rings (SSSR count). The molecule has 0 amide bonds. The minimum atomic E-state index is 0.315. The molecule has 1 atom stereocenters. The van der Waals surface area contributed by atoms with Crippen LogP contribution in [0, 0.1) is 5.92 Å². The van der Waals surface area contributed by atoms with E-state index in [1.807, 2.05) is 25.1 Å². The van der Waals surface area contributed by atoms with E-state index >= 15 is 0 Å². The number of rotatable bonds is 4. The van der Waals surface area contributed by atoms with Gasteiger partial charge in [-0.3, -0.25) is 0 Å². The molecule has 0 bridgehead atoms. The van der Waals surface area contributed by atoms with Gasteiger partial charge in [-0.05, 0) is 25.1 Å². The van der Waals surface area contributed by atoms with E-state index in [1.165, 1.54) is 5.57 Å². The summed E-state index contributed by atoms with van der Waals surface area (Å²) in [6.45, 7) is 4.62. The SMILES string of the molecule is C/C(=C\c1ccco1)C(C)CON. The molecule has 72 valence electrons. The van der Waals surface area contributed by atoms with Crippen LogP contribution in [0.4, 0.5) is 0 Å². The molecule has 13 heavy (non-hydrogen) atoms. The highest BCUT2D eigenvalue weighted by Crippen LogP contribution is 2.14. The summed E-state index contributed by atoms with van der Waals surface area (Å²) in [7, 11) is 0. The van der Waals surface area contributed by atoms with E-state index in [-0.39, 0.29) is 0 Å². The molecule has 0 saturated heterocycles. The number of hydrogen-bond donors (Lipinski definition) is 1. The first-order valence-electron chi connectivity index (χ1n) is 4.27. The van der Waals surface area contributed by atoms with E-state index < -0.39 is 0 Å². The van der Waals surface area contributed by atoms with Crippen LogP contribution < -0.4 is 5.90 Å². The summed E-state index contributed by atoms with van der Waals surface area (Å²) in [6, 6.07) is 3.78. The van der Waals surface area contributed by atoms with Crippen molar-refractivity contribution in [1.29, 1.82) is 0 Å². The largest absolute Gasteiger partial charge is 0.465 e. The molecule has 0 aromatic carbocycles. The first kappa shape index (κ1) is 10.0. The molecule has 0 aliphatic rings. The van der Waals surface area contributed by atoms with Gasteiger partial charge < -0.3 is 9.25 Å². The van der Waals surface area contributed by atoms with Gasteiger partial charge in [0.1, 0.15) is 5.76 Å². The lowest BCUT2D eigenvalue weighted by molar-refractivity contribution is 0.117. The van der Waals surface area contributed by atoms with Gasteiger partial charge in [-0.1, -0.05) is 12.5 Å². The van der Waals surface area contributed by atoms with Crippen LogP contribution in [0.5, 0.6) is 0 Å². The van der Waals surface area contributed by atoms with Crippen molar-refractivity contribution in [3.63, 3.8) is 0 Å². The molecule has 2 N–H and O–H groups in total. The lowest BCUT2D eigenvalue weighted by Crippen LogP contribution is -2.10. The second-order valence-electron chi connectivity index (χ2n) is 3.14. The van der Waals surface area contributed by atoms with Gasteiger partial charge in [0.05, 0.1) is 12.9 Å². The smallest absolute Gasteiger partial charge is 0.126 e. The first-order valence-corrected chi connectivity index (χ1v) is 4.27. The van der Waals surface area contributed by atoms with Gasteiger partial charge in [0.25, 0.3) is 0 Å². The quantitative estimate of drug-likeness (QED) is 0.724. The summed E-state index contributed by atoms with van der Waals surface area (Å²) in [5, 5.41) is 0. The molecular weight excluding hydrogens is 166 g/mol. The second kappa shape index (κ2) is 4.84. The lowest BCUT2D eigenvalue weighted by atomic mass is 10.0. The second-order valence-corrected chi connectivity index (χ2v) is 3.14. The summed E-state index contributed by atoms with van der Waals surface area (Å²) in [4.78, 5) is 4.57. The van der Waals surface area contributed by atoms with Crippen molar-refractivity contribution >= 4 is 6.08 Å². The zero-order valence-corrected chi connectivity index (χ0v) is 7.99.